The maximum Gasteiger partial charge on any atom is 0.102 e. The Balaban J connectivity index is 2.83. The number of aryl methyl sites for hydroxylation is 1. The van der Waals surface area contributed by atoms with Crippen LogP contribution in [-0.2, 0) is 0 Å². The number of hydrogen-bond donors (Lipinski definition) is 1. The van der Waals surface area contributed by atoms with Gasteiger partial charge in [-0.15, -0.1) is 0 Å². The predicted molar refractivity (Wildman–Crippen MR) is 41.1 cm³/mol. The van der Waals surface area contributed by atoms with Crippen LogP contribution in [0.25, 0.3) is 0 Å². The van der Waals surface area contributed by atoms with Crippen LogP contribution >= 0.6 is 0 Å². The van der Waals surface area contributed by atoms with Gasteiger partial charge in [-0.25, -0.2) is 4.98 Å². The van der Waals surface area contributed by atoms with E-state index in [1.807, 2.05) is 6.92 Å². The average molecular weight is 135 g/mol. The van der Waals surface area contributed by atoms with Gasteiger partial charge in [0.15, 0.2) is 0 Å². The van der Waals surface area contributed by atoms with Crippen LogP contribution in [0.15, 0.2) is 24.1 Å². The molecule has 0 saturated heterocycles. The van der Waals surface area contributed by atoms with E-state index in [2.05, 4.69) is 21.5 Å². The molecule has 52 valence electrons. The first-order valence-corrected chi connectivity index (χ1v) is 2.98. The summed E-state index contributed by atoms with van der Waals surface area (Å²) in [4.78, 5) is 10.8. The highest BCUT2D eigenvalue weighted by Gasteiger charge is 1.93. The van der Waals surface area contributed by atoms with Crippen LogP contribution in [0, 0.1) is 6.92 Å². The van der Waals surface area contributed by atoms with Gasteiger partial charge < -0.3 is 4.98 Å². The number of aromatic amines is 1. The molecule has 1 rings (SSSR count). The first kappa shape index (κ1) is 6.74. The van der Waals surface area contributed by atoms with E-state index in [0.717, 1.165) is 11.4 Å². The van der Waals surface area contributed by atoms with E-state index in [9.17, 15) is 0 Å². The standard InChI is InChI=1S/C7H9N3/c1-3-8-4-7-6(2)9-5-10-7/h3-5H,1H2,2H3,(H,9,10)/b8-4-. The molecular formula is C7H9N3. The van der Waals surface area contributed by atoms with Crippen LogP contribution in [-0.4, -0.2) is 16.2 Å². The molecule has 0 aliphatic heterocycles. The number of H-pyrrole nitrogens is 1. The molecule has 0 bridgehead atoms. The van der Waals surface area contributed by atoms with Gasteiger partial charge in [-0.1, -0.05) is 6.58 Å². The first-order valence-electron chi connectivity index (χ1n) is 2.98. The zero-order valence-electron chi connectivity index (χ0n) is 5.83. The Labute approximate surface area is 59.5 Å². The van der Waals surface area contributed by atoms with Crippen molar-refractivity contribution < 1.29 is 0 Å². The van der Waals surface area contributed by atoms with Crippen molar-refractivity contribution in [2.45, 2.75) is 6.92 Å². The van der Waals surface area contributed by atoms with Crippen molar-refractivity contribution in [1.29, 1.82) is 0 Å². The van der Waals surface area contributed by atoms with Gasteiger partial charge >= 0.3 is 0 Å². The van der Waals surface area contributed by atoms with Crippen molar-refractivity contribution in [3.63, 3.8) is 0 Å². The summed E-state index contributed by atoms with van der Waals surface area (Å²) in [6.45, 7) is 5.40. The summed E-state index contributed by atoms with van der Waals surface area (Å²) >= 11 is 0. The molecule has 0 saturated carbocycles. The molecule has 1 N–H and O–H groups in total. The number of nitrogens with zero attached hydrogens (tertiary/aromatic N) is 2. The van der Waals surface area contributed by atoms with E-state index in [1.54, 1.807) is 12.5 Å². The Morgan fingerprint density at radius 2 is 2.60 bits per heavy atom. The average Bonchev–Trinajstić information content (AvgIpc) is 2.31. The van der Waals surface area contributed by atoms with Gasteiger partial charge in [0.1, 0.15) is 5.69 Å². The molecule has 0 unspecified atom stereocenters. The smallest absolute Gasteiger partial charge is 0.102 e. The molecule has 0 aliphatic rings. The van der Waals surface area contributed by atoms with E-state index in [1.165, 1.54) is 6.20 Å². The topological polar surface area (TPSA) is 41.0 Å². The van der Waals surface area contributed by atoms with E-state index in [-0.39, 0.29) is 0 Å². The molecule has 1 aromatic rings. The molecule has 10 heavy (non-hydrogen) atoms. The van der Waals surface area contributed by atoms with Crippen LogP contribution in [0.5, 0.6) is 0 Å². The largest absolute Gasteiger partial charge is 0.348 e. The van der Waals surface area contributed by atoms with Crippen LogP contribution in [0.4, 0.5) is 0 Å². The lowest BCUT2D eigenvalue weighted by atomic mass is 10.4. The Morgan fingerprint density at radius 3 is 3.10 bits per heavy atom. The first-order chi connectivity index (χ1) is 4.84. The van der Waals surface area contributed by atoms with Crippen LogP contribution < -0.4 is 0 Å². The second kappa shape index (κ2) is 2.96. The highest BCUT2D eigenvalue weighted by atomic mass is 14.9. The number of aliphatic imine (C=N–C) groups is 1. The van der Waals surface area contributed by atoms with Gasteiger partial charge in [-0.05, 0) is 6.92 Å². The van der Waals surface area contributed by atoms with E-state index in [4.69, 9.17) is 0 Å². The minimum atomic E-state index is 0.861. The third kappa shape index (κ3) is 1.31. The summed E-state index contributed by atoms with van der Waals surface area (Å²) in [6, 6.07) is 0. The van der Waals surface area contributed by atoms with Crippen molar-refractivity contribution in [3.05, 3.63) is 30.5 Å². The number of imidazole rings is 1. The van der Waals surface area contributed by atoms with Crippen molar-refractivity contribution in [3.8, 4) is 0 Å². The lowest BCUT2D eigenvalue weighted by Crippen LogP contribution is -1.82. The summed E-state index contributed by atoms with van der Waals surface area (Å²) in [5.74, 6) is 0. The van der Waals surface area contributed by atoms with Crippen molar-refractivity contribution in [2.24, 2.45) is 4.99 Å². The summed E-state index contributed by atoms with van der Waals surface area (Å²) in [5, 5.41) is 0. The Morgan fingerprint density at radius 1 is 1.80 bits per heavy atom. The van der Waals surface area contributed by atoms with E-state index in [0.29, 0.717) is 0 Å². The Hall–Kier alpha value is -1.38. The predicted octanol–water partition coefficient (Wildman–Crippen LogP) is 1.28. The lowest BCUT2D eigenvalue weighted by molar-refractivity contribution is 1.25. The number of aromatic nitrogens is 2. The quantitative estimate of drug-likeness (QED) is 0.610. The number of rotatable bonds is 2. The molecule has 0 radical (unpaired) electrons. The second-order valence-electron chi connectivity index (χ2n) is 1.87. The van der Waals surface area contributed by atoms with Gasteiger partial charge in [0.05, 0.1) is 12.5 Å². The molecule has 0 atom stereocenters. The fourth-order valence-corrected chi connectivity index (χ4v) is 0.623. The molecular weight excluding hydrogens is 126 g/mol. The molecule has 0 spiro atoms. The maximum absolute atomic E-state index is 4.00. The Kier molecular flexibility index (Phi) is 1.99. The third-order valence-electron chi connectivity index (χ3n) is 1.17. The minimum Gasteiger partial charge on any atom is -0.348 e. The van der Waals surface area contributed by atoms with Crippen LogP contribution in [0.1, 0.15) is 11.4 Å². The molecule has 1 heterocycles. The van der Waals surface area contributed by atoms with Gasteiger partial charge in [0.2, 0.25) is 0 Å². The highest BCUT2D eigenvalue weighted by molar-refractivity contribution is 5.78. The Bertz CT molecular complexity index is 247. The summed E-state index contributed by atoms with van der Waals surface area (Å²) in [5.41, 5.74) is 1.88. The molecule has 0 aromatic carbocycles. The van der Waals surface area contributed by atoms with Gasteiger partial charge in [-0.3, -0.25) is 4.99 Å². The van der Waals surface area contributed by atoms with Gasteiger partial charge in [-0.2, -0.15) is 0 Å². The molecule has 0 aliphatic carbocycles. The van der Waals surface area contributed by atoms with Gasteiger partial charge in [0.25, 0.3) is 0 Å². The molecule has 0 fully saturated rings. The zero-order chi connectivity index (χ0) is 7.40. The number of nitrogens with one attached hydrogen (secondary N) is 1. The molecule has 3 nitrogen and oxygen atoms in total. The van der Waals surface area contributed by atoms with Crippen molar-refractivity contribution >= 4 is 6.21 Å². The molecule has 1 aromatic heterocycles. The highest BCUT2D eigenvalue weighted by Crippen LogP contribution is 1.95. The molecule has 3 heteroatoms. The summed E-state index contributed by atoms with van der Waals surface area (Å²) in [7, 11) is 0. The SMILES string of the molecule is C=C/N=C\c1nc[nH]c1C. The maximum atomic E-state index is 4.00. The summed E-state index contributed by atoms with van der Waals surface area (Å²) in [6.07, 6.45) is 4.78. The zero-order valence-corrected chi connectivity index (χ0v) is 5.83. The monoisotopic (exact) mass is 135 g/mol. The fourth-order valence-electron chi connectivity index (χ4n) is 0.623. The fraction of sp³-hybridized carbons (Fsp3) is 0.143. The van der Waals surface area contributed by atoms with Crippen molar-refractivity contribution in [2.75, 3.05) is 0 Å². The second-order valence-corrected chi connectivity index (χ2v) is 1.87. The third-order valence-corrected chi connectivity index (χ3v) is 1.17. The minimum absolute atomic E-state index is 0.861. The number of hydrogen-bond acceptors (Lipinski definition) is 2. The van der Waals surface area contributed by atoms with Crippen molar-refractivity contribution in [1.82, 2.24) is 9.97 Å². The van der Waals surface area contributed by atoms with E-state index < -0.39 is 0 Å². The van der Waals surface area contributed by atoms with Crippen LogP contribution in [0.3, 0.4) is 0 Å². The normalized spacial score (nSPS) is 10.5. The molecule has 0 amide bonds. The summed E-state index contributed by atoms with van der Waals surface area (Å²) < 4.78 is 0. The van der Waals surface area contributed by atoms with E-state index >= 15 is 0 Å². The van der Waals surface area contributed by atoms with Gasteiger partial charge in [0, 0.05) is 11.9 Å². The van der Waals surface area contributed by atoms with Crippen LogP contribution in [0.2, 0.25) is 0 Å². The lowest BCUT2D eigenvalue weighted by Gasteiger charge is -1.83.